The molecule has 0 amide bonds. The lowest BCUT2D eigenvalue weighted by Gasteiger charge is -2.13. The summed E-state index contributed by atoms with van der Waals surface area (Å²) in [5.41, 5.74) is 4.60. The summed E-state index contributed by atoms with van der Waals surface area (Å²) in [5, 5.41) is 23.1. The van der Waals surface area contributed by atoms with E-state index in [2.05, 4.69) is 27.2 Å². The SMILES string of the molecule is CCCc1nc(C)c2c(=O)[nH]c(-c3cc(Cn4nnc(CO)c4-c4ccccc4)ccc3OCC)nn12. The molecule has 5 aromatic rings. The van der Waals surface area contributed by atoms with Crippen molar-refractivity contribution in [3.8, 4) is 28.4 Å². The van der Waals surface area contributed by atoms with E-state index >= 15 is 0 Å². The number of aliphatic hydroxyl groups is 1. The second kappa shape index (κ2) is 10.4. The van der Waals surface area contributed by atoms with E-state index in [-0.39, 0.29) is 12.2 Å². The first-order chi connectivity index (χ1) is 18.0. The first-order valence-corrected chi connectivity index (χ1v) is 12.4. The summed E-state index contributed by atoms with van der Waals surface area (Å²) >= 11 is 0. The molecule has 2 aromatic carbocycles. The van der Waals surface area contributed by atoms with Gasteiger partial charge in [-0.3, -0.25) is 4.79 Å². The van der Waals surface area contributed by atoms with Gasteiger partial charge in [0.15, 0.2) is 11.3 Å². The fourth-order valence-corrected chi connectivity index (χ4v) is 4.54. The van der Waals surface area contributed by atoms with E-state index in [9.17, 15) is 9.90 Å². The van der Waals surface area contributed by atoms with Gasteiger partial charge in [0.25, 0.3) is 5.56 Å². The molecule has 0 saturated carbocycles. The molecule has 0 radical (unpaired) electrons. The van der Waals surface area contributed by atoms with Crippen LogP contribution in [0, 0.1) is 6.92 Å². The largest absolute Gasteiger partial charge is 0.493 e. The summed E-state index contributed by atoms with van der Waals surface area (Å²) in [4.78, 5) is 20.5. The third kappa shape index (κ3) is 4.63. The first-order valence-electron chi connectivity index (χ1n) is 12.4. The molecule has 5 rings (SSSR count). The van der Waals surface area contributed by atoms with Gasteiger partial charge in [0, 0.05) is 12.0 Å². The number of fused-ring (bicyclic) bond motifs is 1. The van der Waals surface area contributed by atoms with Crippen LogP contribution in [0.1, 0.15) is 43.0 Å². The van der Waals surface area contributed by atoms with Gasteiger partial charge in [-0.25, -0.2) is 14.2 Å². The minimum absolute atomic E-state index is 0.214. The normalized spacial score (nSPS) is 11.4. The lowest BCUT2D eigenvalue weighted by atomic mass is 10.1. The number of H-pyrrole nitrogens is 1. The minimum Gasteiger partial charge on any atom is -0.493 e. The number of ether oxygens (including phenoxy) is 1. The van der Waals surface area contributed by atoms with Crippen molar-refractivity contribution in [3.05, 3.63) is 81.7 Å². The Morgan fingerprint density at radius 3 is 2.65 bits per heavy atom. The lowest BCUT2D eigenvalue weighted by molar-refractivity contribution is 0.277. The number of rotatable bonds is 9. The monoisotopic (exact) mass is 499 g/mol. The fraction of sp³-hybridized carbons (Fsp3) is 0.296. The number of benzene rings is 2. The molecule has 37 heavy (non-hydrogen) atoms. The smallest absolute Gasteiger partial charge is 0.277 e. The van der Waals surface area contributed by atoms with Crippen LogP contribution in [0.25, 0.3) is 28.2 Å². The Labute approximate surface area is 213 Å². The topological polar surface area (TPSA) is 123 Å². The van der Waals surface area contributed by atoms with Crippen LogP contribution in [0.5, 0.6) is 5.75 Å². The molecule has 0 unspecified atom stereocenters. The summed E-state index contributed by atoms with van der Waals surface area (Å²) in [5.74, 6) is 1.76. The van der Waals surface area contributed by atoms with Crippen LogP contribution in [-0.4, -0.2) is 46.3 Å². The molecular formula is C27H29N7O3. The molecule has 3 heterocycles. The molecule has 0 aliphatic carbocycles. The second-order valence-electron chi connectivity index (χ2n) is 8.76. The molecule has 3 aromatic heterocycles. The predicted octanol–water partition coefficient (Wildman–Crippen LogP) is 3.54. The summed E-state index contributed by atoms with van der Waals surface area (Å²) in [6.45, 7) is 6.44. The number of imidazole rings is 1. The zero-order chi connectivity index (χ0) is 25.9. The highest BCUT2D eigenvalue weighted by atomic mass is 16.5. The van der Waals surface area contributed by atoms with E-state index in [0.29, 0.717) is 53.6 Å². The summed E-state index contributed by atoms with van der Waals surface area (Å²) in [6.07, 6.45) is 1.60. The molecule has 0 bridgehead atoms. The van der Waals surface area contributed by atoms with E-state index in [1.54, 1.807) is 9.20 Å². The maximum Gasteiger partial charge on any atom is 0.277 e. The fourth-order valence-electron chi connectivity index (χ4n) is 4.54. The number of nitrogens with one attached hydrogen (secondary N) is 1. The molecule has 0 spiro atoms. The average Bonchev–Trinajstić information content (AvgIpc) is 3.46. The van der Waals surface area contributed by atoms with Crippen LogP contribution >= 0.6 is 0 Å². The van der Waals surface area contributed by atoms with Gasteiger partial charge in [0.05, 0.1) is 36.7 Å². The Morgan fingerprint density at radius 2 is 1.92 bits per heavy atom. The van der Waals surface area contributed by atoms with Gasteiger partial charge in [0.1, 0.15) is 17.3 Å². The van der Waals surface area contributed by atoms with Crippen LogP contribution in [0.15, 0.2) is 53.3 Å². The molecular weight excluding hydrogens is 470 g/mol. The number of aromatic nitrogens is 7. The zero-order valence-corrected chi connectivity index (χ0v) is 21.1. The van der Waals surface area contributed by atoms with Crippen LogP contribution in [-0.2, 0) is 19.6 Å². The highest BCUT2D eigenvalue weighted by molar-refractivity contribution is 5.66. The number of aliphatic hydroxyl groups excluding tert-OH is 1. The maximum absolute atomic E-state index is 13.1. The molecule has 0 saturated heterocycles. The Balaban J connectivity index is 1.61. The van der Waals surface area contributed by atoms with E-state index in [1.807, 2.05) is 62.4 Å². The van der Waals surface area contributed by atoms with Gasteiger partial charge >= 0.3 is 0 Å². The number of nitrogens with zero attached hydrogens (tertiary/aromatic N) is 6. The number of hydrogen-bond acceptors (Lipinski definition) is 7. The van der Waals surface area contributed by atoms with Crippen molar-refractivity contribution >= 4 is 5.52 Å². The second-order valence-corrected chi connectivity index (χ2v) is 8.76. The van der Waals surface area contributed by atoms with Crippen LogP contribution in [0.4, 0.5) is 0 Å². The molecule has 0 aliphatic rings. The van der Waals surface area contributed by atoms with E-state index < -0.39 is 0 Å². The summed E-state index contributed by atoms with van der Waals surface area (Å²) in [7, 11) is 0. The first kappa shape index (κ1) is 24.4. The van der Waals surface area contributed by atoms with Gasteiger partial charge in [-0.2, -0.15) is 0 Å². The summed E-state index contributed by atoms with van der Waals surface area (Å²) < 4.78 is 9.30. The van der Waals surface area contributed by atoms with Crippen molar-refractivity contribution in [2.45, 2.75) is 46.8 Å². The van der Waals surface area contributed by atoms with E-state index in [0.717, 1.165) is 29.1 Å². The quantitative estimate of drug-likeness (QED) is 0.318. The van der Waals surface area contributed by atoms with Crippen molar-refractivity contribution in [2.75, 3.05) is 6.61 Å². The van der Waals surface area contributed by atoms with Gasteiger partial charge < -0.3 is 14.8 Å². The van der Waals surface area contributed by atoms with E-state index in [1.165, 1.54) is 0 Å². The molecule has 10 nitrogen and oxygen atoms in total. The van der Waals surface area contributed by atoms with Crippen molar-refractivity contribution in [2.24, 2.45) is 0 Å². The van der Waals surface area contributed by atoms with Crippen LogP contribution in [0.3, 0.4) is 0 Å². The molecule has 10 heteroatoms. The minimum atomic E-state index is -0.250. The molecule has 2 N–H and O–H groups in total. The van der Waals surface area contributed by atoms with Crippen LogP contribution in [0.2, 0.25) is 0 Å². The number of hydrogen-bond donors (Lipinski definition) is 2. The highest BCUT2D eigenvalue weighted by Gasteiger charge is 2.19. The Hall–Kier alpha value is -4.31. The molecule has 0 atom stereocenters. The van der Waals surface area contributed by atoms with Crippen molar-refractivity contribution in [1.29, 1.82) is 0 Å². The van der Waals surface area contributed by atoms with Crippen LogP contribution < -0.4 is 10.3 Å². The van der Waals surface area contributed by atoms with E-state index in [4.69, 9.17) is 9.84 Å². The maximum atomic E-state index is 13.1. The third-order valence-corrected chi connectivity index (χ3v) is 6.15. The Bertz CT molecular complexity index is 1600. The van der Waals surface area contributed by atoms with Gasteiger partial charge in [-0.15, -0.1) is 10.2 Å². The number of aromatic amines is 1. The Morgan fingerprint density at radius 1 is 1.11 bits per heavy atom. The standard InChI is InChI=1S/C27H29N7O3/c1-4-9-23-28-17(3)24-27(36)29-26(31-34(23)24)20-14-18(12-13-22(20)37-5-2)15-33-25(21(16-35)30-32-33)19-10-7-6-8-11-19/h6-8,10-14,35H,4-5,9,15-16H2,1-3H3,(H,29,31,36). The van der Waals surface area contributed by atoms with Gasteiger partial charge in [0.2, 0.25) is 0 Å². The lowest BCUT2D eigenvalue weighted by Crippen LogP contribution is -2.16. The zero-order valence-electron chi connectivity index (χ0n) is 21.1. The van der Waals surface area contributed by atoms with Gasteiger partial charge in [-0.05, 0) is 38.0 Å². The predicted molar refractivity (Wildman–Crippen MR) is 139 cm³/mol. The third-order valence-electron chi connectivity index (χ3n) is 6.15. The van der Waals surface area contributed by atoms with Crippen molar-refractivity contribution < 1.29 is 9.84 Å². The highest BCUT2D eigenvalue weighted by Crippen LogP contribution is 2.30. The molecule has 0 fully saturated rings. The number of aryl methyl sites for hydroxylation is 2. The van der Waals surface area contributed by atoms with Gasteiger partial charge in [-0.1, -0.05) is 48.5 Å². The average molecular weight is 500 g/mol. The van der Waals surface area contributed by atoms with Crippen molar-refractivity contribution in [3.63, 3.8) is 0 Å². The Kier molecular flexibility index (Phi) is 6.82. The summed E-state index contributed by atoms with van der Waals surface area (Å²) in [6, 6.07) is 15.5. The molecule has 190 valence electrons. The van der Waals surface area contributed by atoms with Crippen molar-refractivity contribution in [1.82, 2.24) is 34.6 Å². The molecule has 0 aliphatic heterocycles.